The van der Waals surface area contributed by atoms with Crippen molar-refractivity contribution in [3.63, 3.8) is 0 Å². The smallest absolute Gasteiger partial charge is 0.250 e. The van der Waals surface area contributed by atoms with Gasteiger partial charge in [-0.15, -0.1) is 11.3 Å². The Morgan fingerprint density at radius 2 is 1.92 bits per heavy atom. The second-order valence-corrected chi connectivity index (χ2v) is 8.79. The van der Waals surface area contributed by atoms with E-state index in [1.165, 1.54) is 11.3 Å². The summed E-state index contributed by atoms with van der Waals surface area (Å²) in [5, 5.41) is 2.72. The number of sulfonamides is 1. The number of anilines is 1. The van der Waals surface area contributed by atoms with Gasteiger partial charge in [0, 0.05) is 29.6 Å². The van der Waals surface area contributed by atoms with Crippen molar-refractivity contribution >= 4 is 33.0 Å². The normalized spacial score (nSPS) is 13.4. The van der Waals surface area contributed by atoms with Crippen LogP contribution in [-0.4, -0.2) is 34.1 Å². The Morgan fingerprint density at radius 3 is 2.65 bits per heavy atom. The molecule has 7 nitrogen and oxygen atoms in total. The fraction of sp³-hybridized carbons (Fsp3) is 0.353. The number of benzene rings is 1. The number of carbonyl (C=O) groups excluding carboxylic acids is 1. The van der Waals surface area contributed by atoms with Crippen molar-refractivity contribution in [2.75, 3.05) is 25.1 Å². The molecule has 1 aromatic carbocycles. The SMILES string of the molecule is CCc1ccc(S(=O)(=O)NCCC(=O)Nc2ccc3c(c2)OCCO3)s1. The summed E-state index contributed by atoms with van der Waals surface area (Å²) in [5.41, 5.74) is 0.577. The van der Waals surface area contributed by atoms with E-state index in [-0.39, 0.29) is 23.1 Å². The first-order chi connectivity index (χ1) is 12.5. The van der Waals surface area contributed by atoms with Crippen LogP contribution in [0.4, 0.5) is 5.69 Å². The predicted molar refractivity (Wildman–Crippen MR) is 99.6 cm³/mol. The van der Waals surface area contributed by atoms with Gasteiger partial charge in [0.15, 0.2) is 11.5 Å². The molecule has 0 fully saturated rings. The number of nitrogens with one attached hydrogen (secondary N) is 2. The molecule has 1 aliphatic rings. The van der Waals surface area contributed by atoms with E-state index in [0.717, 1.165) is 11.3 Å². The molecule has 1 aromatic heterocycles. The summed E-state index contributed by atoms with van der Waals surface area (Å²) in [6.45, 7) is 2.97. The van der Waals surface area contributed by atoms with Crippen LogP contribution < -0.4 is 19.5 Å². The van der Waals surface area contributed by atoms with Crippen LogP contribution in [0.15, 0.2) is 34.5 Å². The molecular formula is C17H20N2O5S2. The highest BCUT2D eigenvalue weighted by Crippen LogP contribution is 2.32. The molecule has 0 bridgehead atoms. The maximum absolute atomic E-state index is 12.2. The zero-order valence-corrected chi connectivity index (χ0v) is 15.9. The molecule has 3 rings (SSSR count). The molecule has 2 N–H and O–H groups in total. The lowest BCUT2D eigenvalue weighted by atomic mass is 10.2. The topological polar surface area (TPSA) is 93.7 Å². The molecule has 0 spiro atoms. The Labute approximate surface area is 156 Å². The second kappa shape index (κ2) is 8.07. The van der Waals surface area contributed by atoms with Crippen molar-refractivity contribution in [3.8, 4) is 11.5 Å². The number of ether oxygens (including phenoxy) is 2. The number of carbonyl (C=O) groups is 1. The van der Waals surface area contributed by atoms with Gasteiger partial charge >= 0.3 is 0 Å². The first kappa shape index (κ1) is 18.7. The third kappa shape index (κ3) is 4.54. The minimum Gasteiger partial charge on any atom is -0.486 e. The lowest BCUT2D eigenvalue weighted by molar-refractivity contribution is -0.116. The van der Waals surface area contributed by atoms with Gasteiger partial charge in [-0.3, -0.25) is 4.79 Å². The van der Waals surface area contributed by atoms with Gasteiger partial charge in [-0.2, -0.15) is 0 Å². The standard InChI is InChI=1S/C17H20N2O5S2/c1-2-13-4-6-17(25-13)26(21,22)18-8-7-16(20)19-12-3-5-14-15(11-12)24-10-9-23-14/h3-6,11,18H,2,7-10H2,1H3,(H,19,20). The third-order valence-corrected chi connectivity index (χ3v) is 6.90. The number of fused-ring (bicyclic) bond motifs is 1. The van der Waals surface area contributed by atoms with Crippen LogP contribution >= 0.6 is 11.3 Å². The molecule has 0 saturated heterocycles. The molecular weight excluding hydrogens is 376 g/mol. The molecule has 0 aliphatic carbocycles. The molecule has 1 amide bonds. The number of rotatable bonds is 7. The molecule has 0 unspecified atom stereocenters. The van der Waals surface area contributed by atoms with E-state index in [1.54, 1.807) is 30.3 Å². The van der Waals surface area contributed by atoms with Gasteiger partial charge in [0.1, 0.15) is 17.4 Å². The highest BCUT2D eigenvalue weighted by Gasteiger charge is 2.17. The predicted octanol–water partition coefficient (Wildman–Crippen LogP) is 2.39. The fourth-order valence-corrected chi connectivity index (χ4v) is 4.78. The molecule has 9 heteroatoms. The van der Waals surface area contributed by atoms with Crippen molar-refractivity contribution < 1.29 is 22.7 Å². The van der Waals surface area contributed by atoms with Gasteiger partial charge in [0.2, 0.25) is 15.9 Å². The number of hydrogen-bond donors (Lipinski definition) is 2. The molecule has 2 aromatic rings. The van der Waals surface area contributed by atoms with Crippen LogP contribution in [0, 0.1) is 0 Å². The highest BCUT2D eigenvalue weighted by atomic mass is 32.2. The van der Waals surface area contributed by atoms with Crippen molar-refractivity contribution in [1.82, 2.24) is 4.72 Å². The van der Waals surface area contributed by atoms with Gasteiger partial charge in [-0.25, -0.2) is 13.1 Å². The van der Waals surface area contributed by atoms with E-state index in [4.69, 9.17) is 9.47 Å². The number of thiophene rings is 1. The lowest BCUT2D eigenvalue weighted by Gasteiger charge is -2.19. The van der Waals surface area contributed by atoms with Crippen LogP contribution in [-0.2, 0) is 21.2 Å². The highest BCUT2D eigenvalue weighted by molar-refractivity contribution is 7.91. The van der Waals surface area contributed by atoms with Gasteiger partial charge in [-0.05, 0) is 30.7 Å². The van der Waals surface area contributed by atoms with Gasteiger partial charge in [-0.1, -0.05) is 6.92 Å². The van der Waals surface area contributed by atoms with E-state index in [0.29, 0.717) is 30.4 Å². The summed E-state index contributed by atoms with van der Waals surface area (Å²) < 4.78 is 38.0. The molecule has 0 radical (unpaired) electrons. The average Bonchev–Trinajstić information content (AvgIpc) is 3.11. The van der Waals surface area contributed by atoms with Gasteiger partial charge < -0.3 is 14.8 Å². The Kier molecular flexibility index (Phi) is 5.80. The van der Waals surface area contributed by atoms with Crippen LogP contribution in [0.3, 0.4) is 0 Å². The van der Waals surface area contributed by atoms with Crippen molar-refractivity contribution in [2.45, 2.75) is 24.0 Å². The Hall–Kier alpha value is -2.10. The summed E-state index contributed by atoms with van der Waals surface area (Å²) >= 11 is 1.24. The molecule has 0 atom stereocenters. The second-order valence-electron chi connectivity index (χ2n) is 5.63. The average molecular weight is 396 g/mol. The zero-order chi connectivity index (χ0) is 18.6. The van der Waals surface area contributed by atoms with Crippen molar-refractivity contribution in [1.29, 1.82) is 0 Å². The zero-order valence-electron chi connectivity index (χ0n) is 14.3. The first-order valence-corrected chi connectivity index (χ1v) is 10.6. The molecule has 2 heterocycles. The van der Waals surface area contributed by atoms with Crippen molar-refractivity contribution in [3.05, 3.63) is 35.2 Å². The van der Waals surface area contributed by atoms with Gasteiger partial charge in [0.25, 0.3) is 0 Å². The number of amides is 1. The Balaban J connectivity index is 1.51. The third-order valence-electron chi connectivity index (χ3n) is 3.72. The van der Waals surface area contributed by atoms with Crippen molar-refractivity contribution in [2.24, 2.45) is 0 Å². The quantitative estimate of drug-likeness (QED) is 0.750. The summed E-state index contributed by atoms with van der Waals surface area (Å²) in [7, 11) is -3.58. The van der Waals surface area contributed by atoms with Gasteiger partial charge in [0.05, 0.1) is 0 Å². The van der Waals surface area contributed by atoms with E-state index in [2.05, 4.69) is 10.0 Å². The van der Waals surface area contributed by atoms with E-state index >= 15 is 0 Å². The lowest BCUT2D eigenvalue weighted by Crippen LogP contribution is -2.27. The minimum absolute atomic E-state index is 0.0259. The summed E-state index contributed by atoms with van der Waals surface area (Å²) in [5.74, 6) is 0.938. The van der Waals surface area contributed by atoms with Crippen LogP contribution in [0.5, 0.6) is 11.5 Å². The van der Waals surface area contributed by atoms with E-state index in [1.807, 2.05) is 6.92 Å². The first-order valence-electron chi connectivity index (χ1n) is 8.26. The maximum atomic E-state index is 12.2. The number of aryl methyl sites for hydroxylation is 1. The maximum Gasteiger partial charge on any atom is 0.250 e. The molecule has 1 aliphatic heterocycles. The van der Waals surface area contributed by atoms with Crippen LogP contribution in [0.1, 0.15) is 18.2 Å². The largest absolute Gasteiger partial charge is 0.486 e. The molecule has 140 valence electrons. The van der Waals surface area contributed by atoms with Crippen LogP contribution in [0.25, 0.3) is 0 Å². The monoisotopic (exact) mass is 396 g/mol. The summed E-state index contributed by atoms with van der Waals surface area (Å²) in [6.07, 6.45) is 0.817. The molecule has 0 saturated carbocycles. The van der Waals surface area contributed by atoms with E-state index in [9.17, 15) is 13.2 Å². The summed E-state index contributed by atoms with van der Waals surface area (Å²) in [6, 6.07) is 8.52. The fourth-order valence-electron chi connectivity index (χ4n) is 2.41. The number of hydrogen-bond acceptors (Lipinski definition) is 6. The molecule has 26 heavy (non-hydrogen) atoms. The summed E-state index contributed by atoms with van der Waals surface area (Å²) in [4.78, 5) is 13.0. The Bertz CT molecular complexity index is 892. The van der Waals surface area contributed by atoms with Crippen LogP contribution in [0.2, 0.25) is 0 Å². The van der Waals surface area contributed by atoms with E-state index < -0.39 is 10.0 Å². The Morgan fingerprint density at radius 1 is 1.15 bits per heavy atom. The minimum atomic E-state index is -3.58.